The van der Waals surface area contributed by atoms with E-state index in [4.69, 9.17) is 4.74 Å². The highest BCUT2D eigenvalue weighted by atomic mass is 16.6. The van der Waals surface area contributed by atoms with Crippen molar-refractivity contribution in [3.05, 3.63) is 12.7 Å². The molecule has 3 heteroatoms. The van der Waals surface area contributed by atoms with Gasteiger partial charge in [0.1, 0.15) is 5.60 Å². The molecule has 0 saturated heterocycles. The minimum atomic E-state index is -0.450. The third-order valence-electron chi connectivity index (χ3n) is 3.80. The van der Waals surface area contributed by atoms with Gasteiger partial charge >= 0.3 is 6.09 Å². The monoisotopic (exact) mass is 269 g/mol. The topological polar surface area (TPSA) is 38.3 Å². The Morgan fingerprint density at radius 1 is 1.21 bits per heavy atom. The van der Waals surface area contributed by atoms with Crippen molar-refractivity contribution in [2.75, 3.05) is 0 Å². The number of alkyl carbamates (subject to hydrolysis) is 1. The Bertz CT molecular complexity index is 294. The molecule has 0 bridgehead atoms. The molecule has 0 aromatic carbocycles. The number of allylic oxidation sites excluding steroid dienone is 1. The van der Waals surface area contributed by atoms with Gasteiger partial charge in [0.2, 0.25) is 0 Å². The van der Waals surface area contributed by atoms with Crippen LogP contribution in [-0.4, -0.2) is 17.7 Å². The van der Waals surface area contributed by atoms with Crippen LogP contribution in [0.5, 0.6) is 0 Å². The van der Waals surface area contributed by atoms with Gasteiger partial charge < -0.3 is 10.1 Å². The van der Waals surface area contributed by atoms with Crippen LogP contribution >= 0.6 is 0 Å². The van der Waals surface area contributed by atoms with Crippen molar-refractivity contribution in [3.63, 3.8) is 0 Å². The highest BCUT2D eigenvalue weighted by Gasteiger charge is 2.25. The third-order valence-corrected chi connectivity index (χ3v) is 3.80. The molecule has 0 rings (SSSR count). The van der Waals surface area contributed by atoms with E-state index < -0.39 is 5.60 Å². The number of carbonyl (C=O) groups excluding carboxylic acids is 1. The molecule has 0 aliphatic rings. The zero-order valence-corrected chi connectivity index (χ0v) is 13.6. The molecule has 0 heterocycles. The van der Waals surface area contributed by atoms with Crippen molar-refractivity contribution < 1.29 is 9.53 Å². The van der Waals surface area contributed by atoms with Crippen LogP contribution in [0.15, 0.2) is 12.7 Å². The van der Waals surface area contributed by atoms with Crippen molar-refractivity contribution in [2.24, 2.45) is 17.8 Å². The number of hydrogen-bond donors (Lipinski definition) is 1. The molecule has 0 aromatic rings. The van der Waals surface area contributed by atoms with Gasteiger partial charge in [-0.15, -0.1) is 6.58 Å². The lowest BCUT2D eigenvalue weighted by molar-refractivity contribution is 0.0478. The molecule has 19 heavy (non-hydrogen) atoms. The van der Waals surface area contributed by atoms with Crippen LogP contribution in [0.1, 0.15) is 54.9 Å². The lowest BCUT2D eigenvalue weighted by Gasteiger charge is -2.31. The van der Waals surface area contributed by atoms with Crippen LogP contribution in [-0.2, 0) is 4.74 Å². The molecular weight excluding hydrogens is 238 g/mol. The summed E-state index contributed by atoms with van der Waals surface area (Å²) < 4.78 is 5.28. The molecule has 112 valence electrons. The highest BCUT2D eigenvalue weighted by Crippen LogP contribution is 2.26. The van der Waals surface area contributed by atoms with Gasteiger partial charge in [-0.05, 0) is 51.9 Å². The van der Waals surface area contributed by atoms with Crippen molar-refractivity contribution in [1.82, 2.24) is 5.32 Å². The van der Waals surface area contributed by atoms with Crippen molar-refractivity contribution in [2.45, 2.75) is 66.5 Å². The summed E-state index contributed by atoms with van der Waals surface area (Å²) in [6, 6.07) is 0.0946. The number of hydrogen-bond acceptors (Lipinski definition) is 2. The van der Waals surface area contributed by atoms with E-state index in [1.54, 1.807) is 0 Å². The van der Waals surface area contributed by atoms with Gasteiger partial charge in [-0.25, -0.2) is 4.79 Å². The van der Waals surface area contributed by atoms with E-state index in [2.05, 4.69) is 32.7 Å². The Kier molecular flexibility index (Phi) is 7.17. The standard InChI is InChI=1S/C16H31NO2/c1-9-10-11(2)12(3)13(4)14(5)17-15(18)19-16(6,7)8/h9,11-14H,1,10H2,2-8H3,(H,17,18)/t11?,12-,13-,14+/m1/s1. The lowest BCUT2D eigenvalue weighted by Crippen LogP contribution is -2.43. The molecule has 0 saturated carbocycles. The molecule has 1 unspecified atom stereocenters. The smallest absolute Gasteiger partial charge is 0.407 e. The van der Waals surface area contributed by atoms with Crippen LogP contribution < -0.4 is 5.32 Å². The van der Waals surface area contributed by atoms with Gasteiger partial charge in [0.15, 0.2) is 0 Å². The van der Waals surface area contributed by atoms with E-state index in [0.29, 0.717) is 17.8 Å². The molecule has 1 N–H and O–H groups in total. The molecule has 0 aliphatic carbocycles. The van der Waals surface area contributed by atoms with Gasteiger partial charge in [-0.3, -0.25) is 0 Å². The van der Waals surface area contributed by atoms with Crippen molar-refractivity contribution >= 4 is 6.09 Å². The number of carbonyl (C=O) groups is 1. The Morgan fingerprint density at radius 2 is 1.74 bits per heavy atom. The molecular formula is C16H31NO2. The quantitative estimate of drug-likeness (QED) is 0.726. The molecule has 0 spiro atoms. The maximum atomic E-state index is 11.7. The summed E-state index contributed by atoms with van der Waals surface area (Å²) in [5, 5.41) is 2.93. The Morgan fingerprint density at radius 3 is 2.16 bits per heavy atom. The SMILES string of the molecule is C=CCC(C)[C@@H](C)[C@@H](C)[C@H](C)NC(=O)OC(C)(C)C. The van der Waals surface area contributed by atoms with Gasteiger partial charge in [0.05, 0.1) is 0 Å². The fourth-order valence-electron chi connectivity index (χ4n) is 2.08. The van der Waals surface area contributed by atoms with E-state index in [0.717, 1.165) is 6.42 Å². The van der Waals surface area contributed by atoms with Crippen LogP contribution in [0.2, 0.25) is 0 Å². The zero-order chi connectivity index (χ0) is 15.2. The summed E-state index contributed by atoms with van der Waals surface area (Å²) in [5.41, 5.74) is -0.450. The second-order valence-electron chi connectivity index (χ2n) is 6.65. The molecule has 0 fully saturated rings. The van der Waals surface area contributed by atoms with Gasteiger partial charge in [-0.1, -0.05) is 26.8 Å². The second-order valence-corrected chi connectivity index (χ2v) is 6.65. The Labute approximate surface area is 118 Å². The normalized spacial score (nSPS) is 18.1. The maximum Gasteiger partial charge on any atom is 0.407 e. The minimum absolute atomic E-state index is 0.0946. The summed E-state index contributed by atoms with van der Waals surface area (Å²) in [6.07, 6.45) is 2.63. The summed E-state index contributed by atoms with van der Waals surface area (Å²) in [6.45, 7) is 18.1. The van der Waals surface area contributed by atoms with E-state index in [9.17, 15) is 4.79 Å². The summed E-state index contributed by atoms with van der Waals surface area (Å²) >= 11 is 0. The number of amides is 1. The van der Waals surface area contributed by atoms with E-state index in [1.165, 1.54) is 0 Å². The number of ether oxygens (including phenoxy) is 1. The van der Waals surface area contributed by atoms with Crippen molar-refractivity contribution in [3.8, 4) is 0 Å². The zero-order valence-electron chi connectivity index (χ0n) is 13.6. The van der Waals surface area contributed by atoms with Gasteiger partial charge in [-0.2, -0.15) is 0 Å². The molecule has 0 aromatic heterocycles. The fraction of sp³-hybridized carbons (Fsp3) is 0.812. The Balaban J connectivity index is 4.37. The first-order chi connectivity index (χ1) is 8.58. The van der Waals surface area contributed by atoms with Crippen molar-refractivity contribution in [1.29, 1.82) is 0 Å². The molecule has 0 aliphatic heterocycles. The number of rotatable bonds is 6. The van der Waals surface area contributed by atoms with Gasteiger partial charge in [0, 0.05) is 6.04 Å². The fourth-order valence-corrected chi connectivity index (χ4v) is 2.08. The van der Waals surface area contributed by atoms with Crippen LogP contribution in [0.25, 0.3) is 0 Å². The molecule has 4 atom stereocenters. The average Bonchev–Trinajstić information content (AvgIpc) is 2.24. The van der Waals surface area contributed by atoms with Crippen LogP contribution in [0.4, 0.5) is 4.79 Å². The van der Waals surface area contributed by atoms with Crippen LogP contribution in [0, 0.1) is 17.8 Å². The number of nitrogens with one attached hydrogen (secondary N) is 1. The Hall–Kier alpha value is -0.990. The third kappa shape index (κ3) is 7.24. The molecule has 0 radical (unpaired) electrons. The molecule has 3 nitrogen and oxygen atoms in total. The largest absolute Gasteiger partial charge is 0.444 e. The summed E-state index contributed by atoms with van der Waals surface area (Å²) in [5.74, 6) is 1.47. The first-order valence-electron chi connectivity index (χ1n) is 7.19. The second kappa shape index (κ2) is 7.56. The first-order valence-corrected chi connectivity index (χ1v) is 7.19. The van der Waals surface area contributed by atoms with E-state index in [1.807, 2.05) is 33.8 Å². The van der Waals surface area contributed by atoms with E-state index >= 15 is 0 Å². The first kappa shape index (κ1) is 18.0. The average molecular weight is 269 g/mol. The van der Waals surface area contributed by atoms with Gasteiger partial charge in [0.25, 0.3) is 0 Å². The highest BCUT2D eigenvalue weighted by molar-refractivity contribution is 5.68. The lowest BCUT2D eigenvalue weighted by atomic mass is 9.80. The molecule has 1 amide bonds. The summed E-state index contributed by atoms with van der Waals surface area (Å²) in [4.78, 5) is 11.7. The predicted octanol–water partition coefficient (Wildman–Crippen LogP) is 4.38. The minimum Gasteiger partial charge on any atom is -0.444 e. The predicted molar refractivity (Wildman–Crippen MR) is 81.1 cm³/mol. The van der Waals surface area contributed by atoms with Crippen LogP contribution in [0.3, 0.4) is 0 Å². The summed E-state index contributed by atoms with van der Waals surface area (Å²) in [7, 11) is 0. The van der Waals surface area contributed by atoms with E-state index in [-0.39, 0.29) is 12.1 Å². The maximum absolute atomic E-state index is 11.7.